The number of nitrogens with two attached hydrogens (primary N) is 1. The Morgan fingerprint density at radius 1 is 1.20 bits per heavy atom. The molecule has 106 valence electrons. The van der Waals surface area contributed by atoms with E-state index in [1.807, 2.05) is 24.3 Å². The van der Waals surface area contributed by atoms with Crippen LogP contribution in [0.25, 0.3) is 0 Å². The molecule has 2 aromatic carbocycles. The lowest BCUT2D eigenvalue weighted by molar-refractivity contribution is 0.411. The molecule has 0 aliphatic heterocycles. The molecule has 0 aromatic heterocycles. The van der Waals surface area contributed by atoms with Gasteiger partial charge in [0.1, 0.15) is 11.6 Å². The second-order valence-electron chi connectivity index (χ2n) is 4.50. The molecule has 0 spiro atoms. The van der Waals surface area contributed by atoms with Gasteiger partial charge in [-0.05, 0) is 57.7 Å². The van der Waals surface area contributed by atoms with Crippen LogP contribution in [0.3, 0.4) is 0 Å². The van der Waals surface area contributed by atoms with Crippen LogP contribution in [-0.2, 0) is 0 Å². The summed E-state index contributed by atoms with van der Waals surface area (Å²) in [5.41, 5.74) is 5.02. The van der Waals surface area contributed by atoms with E-state index in [0.29, 0.717) is 5.56 Å². The van der Waals surface area contributed by atoms with Crippen LogP contribution in [-0.4, -0.2) is 7.11 Å². The normalized spacial score (nSPS) is 12.2. The lowest BCUT2D eigenvalue weighted by Gasteiger charge is -2.18. The molecule has 0 aliphatic rings. The van der Waals surface area contributed by atoms with Crippen LogP contribution in [0, 0.1) is 12.7 Å². The van der Waals surface area contributed by atoms with E-state index in [0.717, 1.165) is 21.3 Å². The van der Waals surface area contributed by atoms with Gasteiger partial charge in [-0.15, -0.1) is 0 Å². The van der Waals surface area contributed by atoms with E-state index in [1.165, 1.54) is 6.07 Å². The smallest absolute Gasteiger partial charge is 0.133 e. The van der Waals surface area contributed by atoms with Crippen molar-refractivity contribution in [1.82, 2.24) is 5.43 Å². The molecule has 0 saturated heterocycles. The highest BCUT2D eigenvalue weighted by Gasteiger charge is 2.15. The molecule has 2 rings (SSSR count). The lowest BCUT2D eigenvalue weighted by atomic mass is 9.98. The summed E-state index contributed by atoms with van der Waals surface area (Å²) in [4.78, 5) is 0. The zero-order valence-corrected chi connectivity index (χ0v) is 12.9. The fraction of sp³-hybridized carbons (Fsp3) is 0.200. The summed E-state index contributed by atoms with van der Waals surface area (Å²) in [5, 5.41) is 0. The number of hydrogen-bond acceptors (Lipinski definition) is 3. The Morgan fingerprint density at radius 3 is 2.40 bits per heavy atom. The number of methoxy groups -OCH3 is 1. The Kier molecular flexibility index (Phi) is 4.75. The van der Waals surface area contributed by atoms with Crippen LogP contribution < -0.4 is 16.0 Å². The van der Waals surface area contributed by atoms with Crippen molar-refractivity contribution in [2.75, 3.05) is 7.11 Å². The van der Waals surface area contributed by atoms with Crippen LogP contribution in [0.15, 0.2) is 40.9 Å². The van der Waals surface area contributed by atoms with Crippen molar-refractivity contribution in [3.05, 3.63) is 63.4 Å². The van der Waals surface area contributed by atoms with E-state index in [9.17, 15) is 4.39 Å². The topological polar surface area (TPSA) is 47.3 Å². The zero-order chi connectivity index (χ0) is 14.7. The van der Waals surface area contributed by atoms with Gasteiger partial charge in [0.2, 0.25) is 0 Å². The van der Waals surface area contributed by atoms with Crippen LogP contribution in [0.2, 0.25) is 0 Å². The summed E-state index contributed by atoms with van der Waals surface area (Å²) in [6.07, 6.45) is 0. The number of nitrogens with one attached hydrogen (secondary N) is 1. The van der Waals surface area contributed by atoms with Crippen molar-refractivity contribution >= 4 is 15.9 Å². The third-order valence-electron chi connectivity index (χ3n) is 3.21. The number of benzene rings is 2. The predicted octanol–water partition coefficient (Wildman–Crippen LogP) is 3.46. The van der Waals surface area contributed by atoms with Gasteiger partial charge in [-0.2, -0.15) is 0 Å². The van der Waals surface area contributed by atoms with Crippen molar-refractivity contribution in [3.8, 4) is 5.75 Å². The SMILES string of the molecule is COc1ccc(C(NN)c2ccc(C)c(F)c2)cc1Br. The zero-order valence-electron chi connectivity index (χ0n) is 11.3. The van der Waals surface area contributed by atoms with Crippen LogP contribution in [0.1, 0.15) is 22.7 Å². The summed E-state index contributed by atoms with van der Waals surface area (Å²) in [7, 11) is 1.60. The van der Waals surface area contributed by atoms with Crippen molar-refractivity contribution in [2.24, 2.45) is 5.84 Å². The van der Waals surface area contributed by atoms with E-state index in [1.54, 1.807) is 20.1 Å². The predicted molar refractivity (Wildman–Crippen MR) is 81.0 cm³/mol. The summed E-state index contributed by atoms with van der Waals surface area (Å²) >= 11 is 3.44. The van der Waals surface area contributed by atoms with E-state index >= 15 is 0 Å². The molecule has 0 radical (unpaired) electrons. The number of hydrazine groups is 1. The highest BCUT2D eigenvalue weighted by molar-refractivity contribution is 9.10. The minimum atomic E-state index is -0.285. The molecule has 0 amide bonds. The molecule has 2 aromatic rings. The average Bonchev–Trinajstić information content (AvgIpc) is 2.44. The molecular weight excluding hydrogens is 323 g/mol. The van der Waals surface area contributed by atoms with Crippen molar-refractivity contribution in [2.45, 2.75) is 13.0 Å². The van der Waals surface area contributed by atoms with E-state index in [-0.39, 0.29) is 11.9 Å². The number of rotatable bonds is 4. The first-order valence-corrected chi connectivity index (χ1v) is 6.91. The first-order valence-electron chi connectivity index (χ1n) is 6.12. The fourth-order valence-electron chi connectivity index (χ4n) is 2.04. The molecule has 1 unspecified atom stereocenters. The third kappa shape index (κ3) is 3.00. The van der Waals surface area contributed by atoms with Crippen LogP contribution >= 0.6 is 15.9 Å². The molecule has 5 heteroatoms. The van der Waals surface area contributed by atoms with Crippen LogP contribution in [0.5, 0.6) is 5.75 Å². The average molecular weight is 339 g/mol. The highest BCUT2D eigenvalue weighted by Crippen LogP contribution is 2.30. The first-order chi connectivity index (χ1) is 9.56. The van der Waals surface area contributed by atoms with Gasteiger partial charge in [0.05, 0.1) is 17.6 Å². The molecule has 0 heterocycles. The number of aryl methyl sites for hydroxylation is 1. The van der Waals surface area contributed by atoms with Crippen molar-refractivity contribution in [1.29, 1.82) is 0 Å². The Labute approximate surface area is 126 Å². The second kappa shape index (κ2) is 6.35. The molecule has 0 bridgehead atoms. The monoisotopic (exact) mass is 338 g/mol. The lowest BCUT2D eigenvalue weighted by Crippen LogP contribution is -2.29. The van der Waals surface area contributed by atoms with Crippen LogP contribution in [0.4, 0.5) is 4.39 Å². The fourth-order valence-corrected chi connectivity index (χ4v) is 2.59. The quantitative estimate of drug-likeness (QED) is 0.663. The molecule has 0 saturated carbocycles. The largest absolute Gasteiger partial charge is 0.496 e. The second-order valence-corrected chi connectivity index (χ2v) is 5.36. The minimum Gasteiger partial charge on any atom is -0.496 e. The van der Waals surface area contributed by atoms with Gasteiger partial charge in [-0.1, -0.05) is 18.2 Å². The third-order valence-corrected chi connectivity index (χ3v) is 3.82. The van der Waals surface area contributed by atoms with Gasteiger partial charge < -0.3 is 4.74 Å². The van der Waals surface area contributed by atoms with Gasteiger partial charge in [0.15, 0.2) is 0 Å². The molecular formula is C15H16BrFN2O. The first kappa shape index (κ1) is 15.0. The van der Waals surface area contributed by atoms with E-state index in [2.05, 4.69) is 21.4 Å². The Hall–Kier alpha value is -1.43. The van der Waals surface area contributed by atoms with Crippen molar-refractivity contribution in [3.63, 3.8) is 0 Å². The Bertz CT molecular complexity index is 619. The maximum Gasteiger partial charge on any atom is 0.133 e. The summed E-state index contributed by atoms with van der Waals surface area (Å²) in [6, 6.07) is 10.5. The van der Waals surface area contributed by atoms with Gasteiger partial charge in [-0.25, -0.2) is 9.82 Å². The molecule has 3 nitrogen and oxygen atoms in total. The highest BCUT2D eigenvalue weighted by atomic mass is 79.9. The van der Waals surface area contributed by atoms with Crippen molar-refractivity contribution < 1.29 is 9.13 Å². The number of ether oxygens (including phenoxy) is 1. The van der Waals surface area contributed by atoms with Gasteiger partial charge >= 0.3 is 0 Å². The van der Waals surface area contributed by atoms with Gasteiger partial charge in [-0.3, -0.25) is 5.84 Å². The van der Waals surface area contributed by atoms with E-state index in [4.69, 9.17) is 10.6 Å². The number of hydrogen-bond donors (Lipinski definition) is 2. The molecule has 1 atom stereocenters. The number of halogens is 2. The maximum atomic E-state index is 13.7. The summed E-state index contributed by atoms with van der Waals surface area (Å²) < 4.78 is 19.7. The maximum absolute atomic E-state index is 13.7. The van der Waals surface area contributed by atoms with E-state index < -0.39 is 0 Å². The minimum absolute atomic E-state index is 0.240. The Morgan fingerprint density at radius 2 is 1.85 bits per heavy atom. The summed E-state index contributed by atoms with van der Waals surface area (Å²) in [5.74, 6) is 6.12. The molecule has 20 heavy (non-hydrogen) atoms. The molecule has 3 N–H and O–H groups in total. The molecule has 0 aliphatic carbocycles. The summed E-state index contributed by atoms with van der Waals surface area (Å²) in [6.45, 7) is 1.73. The van der Waals surface area contributed by atoms with Gasteiger partial charge in [0.25, 0.3) is 0 Å². The molecule has 0 fully saturated rings. The van der Waals surface area contributed by atoms with Gasteiger partial charge in [0, 0.05) is 0 Å². The standard InChI is InChI=1S/C15H16BrFN2O/c1-9-3-4-11(8-13(9)17)15(19-18)10-5-6-14(20-2)12(16)7-10/h3-8,15,19H,18H2,1-2H3. The Balaban J connectivity index is 2.41.